The molecular weight excluding hydrogens is 412 g/mol. The molecule has 0 spiro atoms. The van der Waals surface area contributed by atoms with Crippen molar-refractivity contribution in [2.75, 3.05) is 7.11 Å². The molecule has 3 rings (SSSR count). The van der Waals surface area contributed by atoms with E-state index in [4.69, 9.17) is 9.47 Å². The number of ether oxygens (including phenoxy) is 2. The molecule has 0 aromatic heterocycles. The van der Waals surface area contributed by atoms with Crippen molar-refractivity contribution in [3.63, 3.8) is 0 Å². The average Bonchev–Trinajstić information content (AvgIpc) is 2.60. The number of hydrogen-bond donors (Lipinski definition) is 2. The first kappa shape index (κ1) is 19.7. The number of benzene rings is 1. The molecule has 0 radical (unpaired) electrons. The van der Waals surface area contributed by atoms with Gasteiger partial charge in [-0.1, -0.05) is 19.4 Å². The number of allylic oxidation sites excluding steroid dienone is 1. The molecule has 1 heterocycles. The molecule has 27 heavy (non-hydrogen) atoms. The van der Waals surface area contributed by atoms with Crippen LogP contribution in [0.15, 0.2) is 33.9 Å². The number of urea groups is 1. The topological polar surface area (TPSA) is 76.7 Å². The lowest BCUT2D eigenvalue weighted by Gasteiger charge is -2.31. The minimum atomic E-state index is -0.575. The lowest BCUT2D eigenvalue weighted by atomic mass is 9.88. The molecule has 0 bridgehead atoms. The van der Waals surface area contributed by atoms with Gasteiger partial charge < -0.3 is 20.1 Å². The first-order valence-electron chi connectivity index (χ1n) is 9.21. The van der Waals surface area contributed by atoms with Crippen LogP contribution in [0, 0.1) is 5.92 Å². The summed E-state index contributed by atoms with van der Waals surface area (Å²) in [5.41, 5.74) is 1.73. The molecule has 1 saturated carbocycles. The third-order valence-electron chi connectivity index (χ3n) is 5.16. The largest absolute Gasteiger partial charge is 0.496 e. The summed E-state index contributed by atoms with van der Waals surface area (Å²) in [6.07, 6.45) is 3.96. The summed E-state index contributed by atoms with van der Waals surface area (Å²) in [5, 5.41) is 5.52. The van der Waals surface area contributed by atoms with E-state index in [0.717, 1.165) is 29.3 Å². The van der Waals surface area contributed by atoms with Crippen molar-refractivity contribution in [3.05, 3.63) is 39.5 Å². The Morgan fingerprint density at radius 3 is 2.74 bits per heavy atom. The highest BCUT2D eigenvalue weighted by Crippen LogP contribution is 2.34. The van der Waals surface area contributed by atoms with Crippen molar-refractivity contribution in [2.45, 2.75) is 51.7 Å². The van der Waals surface area contributed by atoms with E-state index < -0.39 is 6.04 Å². The number of carbonyl (C=O) groups excluding carboxylic acids is 2. The Morgan fingerprint density at radius 2 is 2.07 bits per heavy atom. The summed E-state index contributed by atoms with van der Waals surface area (Å²) in [4.78, 5) is 25.0. The van der Waals surface area contributed by atoms with E-state index in [0.29, 0.717) is 22.9 Å². The van der Waals surface area contributed by atoms with E-state index in [9.17, 15) is 9.59 Å². The summed E-state index contributed by atoms with van der Waals surface area (Å²) in [6.45, 7) is 3.91. The molecule has 2 aliphatic rings. The first-order valence-corrected chi connectivity index (χ1v) is 10.0. The van der Waals surface area contributed by atoms with Crippen molar-refractivity contribution >= 4 is 27.9 Å². The van der Waals surface area contributed by atoms with Crippen LogP contribution in [0.3, 0.4) is 0 Å². The van der Waals surface area contributed by atoms with Gasteiger partial charge in [0.1, 0.15) is 11.9 Å². The zero-order valence-corrected chi connectivity index (χ0v) is 17.4. The fraction of sp³-hybridized carbons (Fsp3) is 0.500. The second-order valence-corrected chi connectivity index (χ2v) is 8.12. The van der Waals surface area contributed by atoms with Crippen LogP contribution in [0.2, 0.25) is 0 Å². The maximum absolute atomic E-state index is 13.0. The van der Waals surface area contributed by atoms with Crippen molar-refractivity contribution in [1.82, 2.24) is 10.6 Å². The van der Waals surface area contributed by atoms with Crippen LogP contribution in [0.5, 0.6) is 5.75 Å². The first-order chi connectivity index (χ1) is 12.9. The van der Waals surface area contributed by atoms with Gasteiger partial charge in [0, 0.05) is 5.70 Å². The molecule has 1 aliphatic heterocycles. The predicted octanol–water partition coefficient (Wildman–Crippen LogP) is 4.21. The summed E-state index contributed by atoms with van der Waals surface area (Å²) >= 11 is 3.46. The minimum Gasteiger partial charge on any atom is -0.496 e. The van der Waals surface area contributed by atoms with Gasteiger partial charge in [0.15, 0.2) is 0 Å². The molecule has 146 valence electrons. The summed E-state index contributed by atoms with van der Waals surface area (Å²) in [6, 6.07) is 4.57. The summed E-state index contributed by atoms with van der Waals surface area (Å²) in [7, 11) is 1.59. The number of amides is 2. The van der Waals surface area contributed by atoms with Crippen LogP contribution in [0.4, 0.5) is 4.79 Å². The van der Waals surface area contributed by atoms with Crippen LogP contribution >= 0.6 is 15.9 Å². The van der Waals surface area contributed by atoms with E-state index in [2.05, 4.69) is 33.5 Å². The monoisotopic (exact) mass is 436 g/mol. The van der Waals surface area contributed by atoms with Gasteiger partial charge >= 0.3 is 12.0 Å². The normalized spacial score (nSPS) is 25.5. The third kappa shape index (κ3) is 4.46. The van der Waals surface area contributed by atoms with Gasteiger partial charge in [0.05, 0.1) is 23.2 Å². The number of methoxy groups -OCH3 is 1. The van der Waals surface area contributed by atoms with Gasteiger partial charge in [-0.3, -0.25) is 0 Å². The van der Waals surface area contributed by atoms with Crippen LogP contribution in [-0.4, -0.2) is 25.2 Å². The van der Waals surface area contributed by atoms with Gasteiger partial charge in [0.2, 0.25) is 0 Å². The quantitative estimate of drug-likeness (QED) is 0.693. The van der Waals surface area contributed by atoms with Crippen molar-refractivity contribution < 1.29 is 19.1 Å². The van der Waals surface area contributed by atoms with E-state index in [-0.39, 0.29) is 18.1 Å². The Morgan fingerprint density at radius 1 is 1.30 bits per heavy atom. The molecule has 1 aromatic rings. The third-order valence-corrected chi connectivity index (χ3v) is 5.78. The highest BCUT2D eigenvalue weighted by Gasteiger charge is 2.34. The zero-order chi connectivity index (χ0) is 19.6. The number of halogens is 1. The van der Waals surface area contributed by atoms with E-state index in [1.807, 2.05) is 12.1 Å². The van der Waals surface area contributed by atoms with Crippen molar-refractivity contribution in [1.29, 1.82) is 0 Å². The molecular formula is C20H25BrN2O4. The Kier molecular flexibility index (Phi) is 6.09. The second-order valence-electron chi connectivity index (χ2n) is 7.26. The Labute approximate surface area is 167 Å². The SMILES string of the molecule is COc1ccc([C@H]2NC(=O)NC(C)=C2C(=O)O[C@@H]2CCC[C@@H](C)C2)cc1Br. The van der Waals surface area contributed by atoms with Gasteiger partial charge in [-0.15, -0.1) is 0 Å². The smallest absolute Gasteiger partial charge is 0.338 e. The van der Waals surface area contributed by atoms with Crippen molar-refractivity contribution in [2.24, 2.45) is 5.92 Å². The standard InChI is InChI=1S/C20H25BrN2O4/c1-11-5-4-6-14(9-11)27-19(24)17-12(2)22-20(25)23-18(17)13-7-8-16(26-3)15(21)10-13/h7-8,10-11,14,18H,4-6,9H2,1-3H3,(H2,22,23,25)/t11-,14-,18-/m1/s1. The number of hydrogen-bond acceptors (Lipinski definition) is 4. The molecule has 1 aromatic carbocycles. The van der Waals surface area contributed by atoms with Crippen LogP contribution in [0.1, 0.15) is 51.1 Å². The maximum atomic E-state index is 13.0. The molecule has 1 fully saturated rings. The highest BCUT2D eigenvalue weighted by atomic mass is 79.9. The van der Waals surface area contributed by atoms with Gasteiger partial charge in [-0.2, -0.15) is 0 Å². The summed E-state index contributed by atoms with van der Waals surface area (Å²) in [5.74, 6) is 0.861. The Hall–Kier alpha value is -2.02. The fourth-order valence-electron chi connectivity index (χ4n) is 3.78. The number of esters is 1. The van der Waals surface area contributed by atoms with Gasteiger partial charge in [-0.05, 0) is 65.7 Å². The second kappa shape index (κ2) is 8.33. The molecule has 0 unspecified atom stereocenters. The van der Waals surface area contributed by atoms with Crippen molar-refractivity contribution in [3.8, 4) is 5.75 Å². The Bertz CT molecular complexity index is 777. The van der Waals surface area contributed by atoms with Crippen LogP contribution < -0.4 is 15.4 Å². The zero-order valence-electron chi connectivity index (χ0n) is 15.8. The Balaban J connectivity index is 1.87. The van der Waals surface area contributed by atoms with Crippen LogP contribution in [-0.2, 0) is 9.53 Å². The van der Waals surface area contributed by atoms with E-state index in [1.54, 1.807) is 20.1 Å². The fourth-order valence-corrected chi connectivity index (χ4v) is 4.34. The predicted molar refractivity (Wildman–Crippen MR) is 105 cm³/mol. The number of rotatable bonds is 4. The highest BCUT2D eigenvalue weighted by molar-refractivity contribution is 9.10. The van der Waals surface area contributed by atoms with Crippen LogP contribution in [0.25, 0.3) is 0 Å². The molecule has 1 aliphatic carbocycles. The number of nitrogens with one attached hydrogen (secondary N) is 2. The summed E-state index contributed by atoms with van der Waals surface area (Å²) < 4.78 is 11.8. The molecule has 3 atom stereocenters. The minimum absolute atomic E-state index is 0.0672. The maximum Gasteiger partial charge on any atom is 0.338 e. The van der Waals surface area contributed by atoms with E-state index >= 15 is 0 Å². The molecule has 6 nitrogen and oxygen atoms in total. The van der Waals surface area contributed by atoms with E-state index in [1.165, 1.54) is 6.42 Å². The van der Waals surface area contributed by atoms with Gasteiger partial charge in [-0.25, -0.2) is 9.59 Å². The van der Waals surface area contributed by atoms with Gasteiger partial charge in [0.25, 0.3) is 0 Å². The molecule has 7 heteroatoms. The lowest BCUT2D eigenvalue weighted by Crippen LogP contribution is -2.45. The average molecular weight is 437 g/mol. The molecule has 0 saturated heterocycles. The molecule has 2 amide bonds. The lowest BCUT2D eigenvalue weighted by molar-refractivity contribution is -0.146. The number of carbonyl (C=O) groups is 2. The molecule has 2 N–H and O–H groups in total.